The van der Waals surface area contributed by atoms with Gasteiger partial charge in [-0.1, -0.05) is 12.1 Å². The lowest BCUT2D eigenvalue weighted by molar-refractivity contribution is -0.171. The van der Waals surface area contributed by atoms with Crippen LogP contribution in [0.3, 0.4) is 0 Å². The zero-order valence-electron chi connectivity index (χ0n) is 19.2. The molecule has 2 rings (SSSR count). The Hall–Kier alpha value is -2.99. The summed E-state index contributed by atoms with van der Waals surface area (Å²) in [5, 5.41) is 0. The molecule has 2 aromatic rings. The molecule has 1 atom stereocenters. The molecule has 2 aromatic carbocycles. The minimum atomic E-state index is -1.15. The first-order chi connectivity index (χ1) is 14.9. The summed E-state index contributed by atoms with van der Waals surface area (Å²) in [5.41, 5.74) is 1.61. The fraction of sp³-hybridized carbons (Fsp3) is 0.400. The Morgan fingerprint density at radius 1 is 0.935 bits per heavy atom. The van der Waals surface area contributed by atoms with Crippen molar-refractivity contribution in [2.24, 2.45) is 0 Å². The average molecular weight is 429 g/mol. The van der Waals surface area contributed by atoms with Gasteiger partial charge in [0.05, 0.1) is 20.8 Å². The van der Waals surface area contributed by atoms with Crippen molar-refractivity contribution < 1.29 is 28.5 Å². The topological polar surface area (TPSA) is 63.2 Å². The number of methoxy groups -OCH3 is 2. The molecule has 31 heavy (non-hydrogen) atoms. The molecule has 6 nitrogen and oxygen atoms in total. The van der Waals surface area contributed by atoms with E-state index in [2.05, 4.69) is 0 Å². The second kappa shape index (κ2) is 11.4. The first-order valence-electron chi connectivity index (χ1n) is 10.3. The largest absolute Gasteiger partial charge is 0.497 e. The lowest BCUT2D eigenvalue weighted by Crippen LogP contribution is -2.37. The SMILES string of the molecule is CCOC(=O)C(C)(OCC)c1ccc(OCC=C(C)c2cc(OC)cc(OC)c2)cc1. The molecule has 1 unspecified atom stereocenters. The van der Waals surface area contributed by atoms with Crippen molar-refractivity contribution in [2.45, 2.75) is 33.3 Å². The predicted molar refractivity (Wildman–Crippen MR) is 121 cm³/mol. The summed E-state index contributed by atoms with van der Waals surface area (Å²) in [5.74, 6) is 1.76. The second-order valence-corrected chi connectivity index (χ2v) is 7.01. The summed E-state index contributed by atoms with van der Waals surface area (Å²) in [4.78, 5) is 12.4. The first kappa shape index (κ1) is 24.3. The monoisotopic (exact) mass is 428 g/mol. The van der Waals surface area contributed by atoms with Gasteiger partial charge in [0.25, 0.3) is 0 Å². The number of hydrogen-bond acceptors (Lipinski definition) is 6. The molecule has 0 spiro atoms. The smallest absolute Gasteiger partial charge is 0.342 e. The number of ether oxygens (including phenoxy) is 5. The van der Waals surface area contributed by atoms with E-state index in [0.717, 1.165) is 28.2 Å². The number of rotatable bonds is 11. The van der Waals surface area contributed by atoms with Crippen LogP contribution in [0, 0.1) is 0 Å². The molecular weight excluding hydrogens is 396 g/mol. The van der Waals surface area contributed by atoms with E-state index >= 15 is 0 Å². The minimum Gasteiger partial charge on any atom is -0.497 e. The third kappa shape index (κ3) is 6.25. The average Bonchev–Trinajstić information content (AvgIpc) is 2.79. The molecule has 0 fully saturated rings. The van der Waals surface area contributed by atoms with Crippen molar-refractivity contribution in [1.29, 1.82) is 0 Å². The van der Waals surface area contributed by atoms with Crippen LogP contribution in [-0.4, -0.2) is 40.0 Å². The van der Waals surface area contributed by atoms with Crippen LogP contribution in [0.1, 0.15) is 38.8 Å². The summed E-state index contributed by atoms with van der Waals surface area (Å²) >= 11 is 0. The molecule has 0 radical (unpaired) electrons. The van der Waals surface area contributed by atoms with E-state index < -0.39 is 11.6 Å². The molecule has 0 aliphatic heterocycles. The number of allylic oxidation sites excluding steroid dienone is 1. The molecule has 0 bridgehead atoms. The molecule has 0 aliphatic carbocycles. The maximum Gasteiger partial charge on any atom is 0.342 e. The third-order valence-electron chi connectivity index (χ3n) is 4.95. The summed E-state index contributed by atoms with van der Waals surface area (Å²) in [6, 6.07) is 13.0. The van der Waals surface area contributed by atoms with Gasteiger partial charge in [0.15, 0.2) is 5.60 Å². The van der Waals surface area contributed by atoms with Crippen LogP contribution in [0.5, 0.6) is 17.2 Å². The quantitative estimate of drug-likeness (QED) is 0.469. The molecule has 0 saturated carbocycles. The van der Waals surface area contributed by atoms with E-state index in [-0.39, 0.29) is 0 Å². The van der Waals surface area contributed by atoms with Gasteiger partial charge in [0, 0.05) is 12.7 Å². The Morgan fingerprint density at radius 3 is 2.06 bits per heavy atom. The highest BCUT2D eigenvalue weighted by Gasteiger charge is 2.37. The molecule has 0 N–H and O–H groups in total. The molecule has 6 heteroatoms. The Balaban J connectivity index is 2.09. The van der Waals surface area contributed by atoms with Crippen molar-refractivity contribution in [3.8, 4) is 17.2 Å². The normalized spacial score (nSPS) is 13.3. The van der Waals surface area contributed by atoms with Crippen molar-refractivity contribution in [3.05, 3.63) is 59.7 Å². The third-order valence-corrected chi connectivity index (χ3v) is 4.95. The van der Waals surface area contributed by atoms with Gasteiger partial charge in [-0.25, -0.2) is 4.79 Å². The predicted octanol–water partition coefficient (Wildman–Crippen LogP) is 5.00. The van der Waals surface area contributed by atoms with Crippen LogP contribution in [0.25, 0.3) is 5.57 Å². The maximum atomic E-state index is 12.4. The fourth-order valence-electron chi connectivity index (χ4n) is 3.10. The number of benzene rings is 2. The molecule has 168 valence electrons. The van der Waals surface area contributed by atoms with E-state index in [1.165, 1.54) is 0 Å². The number of hydrogen-bond donors (Lipinski definition) is 0. The minimum absolute atomic E-state index is 0.299. The van der Waals surface area contributed by atoms with Crippen molar-refractivity contribution in [1.82, 2.24) is 0 Å². The van der Waals surface area contributed by atoms with E-state index in [1.807, 2.05) is 62.4 Å². The first-order valence-corrected chi connectivity index (χ1v) is 10.3. The summed E-state index contributed by atoms with van der Waals surface area (Å²) < 4.78 is 27.4. The van der Waals surface area contributed by atoms with Crippen LogP contribution in [0.4, 0.5) is 0 Å². The fourth-order valence-corrected chi connectivity index (χ4v) is 3.10. The van der Waals surface area contributed by atoms with Gasteiger partial charge in [-0.15, -0.1) is 0 Å². The van der Waals surface area contributed by atoms with Gasteiger partial charge in [-0.3, -0.25) is 0 Å². The highest BCUT2D eigenvalue weighted by molar-refractivity contribution is 5.81. The van der Waals surface area contributed by atoms with Crippen molar-refractivity contribution in [2.75, 3.05) is 34.0 Å². The lowest BCUT2D eigenvalue weighted by atomic mass is 9.95. The van der Waals surface area contributed by atoms with Gasteiger partial charge in [-0.05, 0) is 74.7 Å². The molecule has 0 amide bonds. The van der Waals surface area contributed by atoms with Crippen molar-refractivity contribution in [3.63, 3.8) is 0 Å². The molecule has 0 heterocycles. The Morgan fingerprint density at radius 2 is 1.55 bits per heavy atom. The summed E-state index contributed by atoms with van der Waals surface area (Å²) in [6.07, 6.45) is 1.99. The zero-order valence-corrected chi connectivity index (χ0v) is 19.2. The maximum absolute atomic E-state index is 12.4. The number of carbonyl (C=O) groups is 1. The second-order valence-electron chi connectivity index (χ2n) is 7.01. The molecule has 0 aliphatic rings. The van der Waals surface area contributed by atoms with E-state index in [4.69, 9.17) is 23.7 Å². The van der Waals surface area contributed by atoms with Crippen LogP contribution >= 0.6 is 0 Å². The van der Waals surface area contributed by atoms with Crippen LogP contribution < -0.4 is 14.2 Å². The molecule has 0 aromatic heterocycles. The highest BCUT2D eigenvalue weighted by atomic mass is 16.6. The van der Waals surface area contributed by atoms with Crippen LogP contribution in [0.2, 0.25) is 0 Å². The Kier molecular flexibility index (Phi) is 8.94. The molecular formula is C25H32O6. The van der Waals surface area contributed by atoms with Gasteiger partial charge in [0.2, 0.25) is 0 Å². The van der Waals surface area contributed by atoms with Crippen LogP contribution in [0.15, 0.2) is 48.5 Å². The van der Waals surface area contributed by atoms with Gasteiger partial charge in [-0.2, -0.15) is 0 Å². The number of esters is 1. The number of carbonyl (C=O) groups excluding carboxylic acids is 1. The van der Waals surface area contributed by atoms with Crippen LogP contribution in [-0.2, 0) is 19.9 Å². The van der Waals surface area contributed by atoms with E-state index in [0.29, 0.717) is 25.6 Å². The van der Waals surface area contributed by atoms with E-state index in [9.17, 15) is 4.79 Å². The van der Waals surface area contributed by atoms with Gasteiger partial charge in [0.1, 0.15) is 23.9 Å². The lowest BCUT2D eigenvalue weighted by Gasteiger charge is -2.27. The summed E-state index contributed by atoms with van der Waals surface area (Å²) in [7, 11) is 3.26. The van der Waals surface area contributed by atoms with Gasteiger partial charge < -0.3 is 23.7 Å². The standard InChI is InChI=1S/C25H32O6/c1-7-29-24(26)25(4,31-8-2)20-9-11-21(12-10-20)30-14-13-18(3)19-15-22(27-5)17-23(16-19)28-6/h9-13,15-17H,7-8,14H2,1-6H3. The molecule has 0 saturated heterocycles. The zero-order chi connectivity index (χ0) is 22.9. The highest BCUT2D eigenvalue weighted by Crippen LogP contribution is 2.29. The van der Waals surface area contributed by atoms with E-state index in [1.54, 1.807) is 28.1 Å². The Labute approximate surface area is 184 Å². The Bertz CT molecular complexity index is 865. The van der Waals surface area contributed by atoms with Crippen molar-refractivity contribution >= 4 is 11.5 Å². The van der Waals surface area contributed by atoms with Gasteiger partial charge >= 0.3 is 5.97 Å². The summed E-state index contributed by atoms with van der Waals surface area (Å²) in [6.45, 7) is 8.44.